The van der Waals surface area contributed by atoms with Gasteiger partial charge in [-0.1, -0.05) is 4.98 Å². The van der Waals surface area contributed by atoms with Crippen LogP contribution in [0.2, 0.25) is 0 Å². The van der Waals surface area contributed by atoms with Crippen LogP contribution < -0.4 is 15.9 Å². The van der Waals surface area contributed by atoms with Gasteiger partial charge in [0.1, 0.15) is 18.3 Å². The molecule has 21 heavy (non-hydrogen) atoms. The summed E-state index contributed by atoms with van der Waals surface area (Å²) in [6, 6.07) is 0. The predicted molar refractivity (Wildman–Crippen MR) is 72.4 cm³/mol. The third-order valence-corrected chi connectivity index (χ3v) is 3.70. The molecule has 0 bridgehead atoms. The fourth-order valence-corrected chi connectivity index (χ4v) is 2.68. The smallest absolute Gasteiger partial charge is 0.314 e. The summed E-state index contributed by atoms with van der Waals surface area (Å²) in [4.78, 5) is 18.2. The number of aromatic nitrogens is 4. The second-order valence-electron chi connectivity index (χ2n) is 4.72. The fraction of sp³-hybridized carbons (Fsp3) is 0.500. The Morgan fingerprint density at radius 2 is 2.24 bits per heavy atom. The quantitative estimate of drug-likeness (QED) is 0.254. The van der Waals surface area contributed by atoms with Crippen LogP contribution >= 0.6 is 12.8 Å². The highest BCUT2D eigenvalue weighted by atomic mass is 32.1. The number of hydrogen-bond acceptors (Lipinski definition) is 8. The highest BCUT2D eigenvalue weighted by Crippen LogP contribution is 2.26. The molecule has 0 radical (unpaired) electrons. The van der Waals surface area contributed by atoms with E-state index in [0.717, 1.165) is 0 Å². The van der Waals surface area contributed by atoms with Crippen LogP contribution in [0.25, 0.3) is 11.2 Å². The van der Waals surface area contributed by atoms with Crippen molar-refractivity contribution in [2.75, 3.05) is 12.3 Å². The number of aromatic amines is 1. The molecule has 3 heterocycles. The molecule has 1 aliphatic heterocycles. The number of fused-ring (bicyclic) bond motifs is 1. The SMILES string of the molecule is Nc1nc2c(c(=O)[nH]1)n(S)c[n+]2[C@@H]1O[C@H](CO)[C@@H](O)[C@H]1O. The van der Waals surface area contributed by atoms with Crippen molar-refractivity contribution in [1.29, 1.82) is 0 Å². The first-order valence-corrected chi connectivity index (χ1v) is 6.47. The Bertz CT molecular complexity index is 745. The molecule has 2 aromatic rings. The summed E-state index contributed by atoms with van der Waals surface area (Å²) in [6.07, 6.45) is -3.15. The molecule has 10 nitrogen and oxygen atoms in total. The zero-order valence-corrected chi connectivity index (χ0v) is 11.5. The van der Waals surface area contributed by atoms with Crippen LogP contribution in [0.4, 0.5) is 5.95 Å². The lowest BCUT2D eigenvalue weighted by atomic mass is 10.1. The molecule has 4 atom stereocenters. The first kappa shape index (κ1) is 14.3. The van der Waals surface area contributed by atoms with E-state index in [4.69, 9.17) is 15.6 Å². The lowest BCUT2D eigenvalue weighted by Gasteiger charge is -2.11. The molecular formula is C10H14N5O5S+. The molecule has 1 saturated heterocycles. The van der Waals surface area contributed by atoms with Crippen LogP contribution in [0.1, 0.15) is 6.23 Å². The van der Waals surface area contributed by atoms with Crippen LogP contribution in [0.3, 0.4) is 0 Å². The zero-order chi connectivity index (χ0) is 15.3. The maximum atomic E-state index is 11.9. The van der Waals surface area contributed by atoms with E-state index in [0.29, 0.717) is 0 Å². The average Bonchev–Trinajstić information content (AvgIpc) is 2.89. The Labute approximate surface area is 123 Å². The van der Waals surface area contributed by atoms with Crippen molar-refractivity contribution in [2.45, 2.75) is 24.5 Å². The number of aliphatic hydroxyl groups excluding tert-OH is 3. The number of nitrogen functional groups attached to an aromatic ring is 1. The second-order valence-corrected chi connectivity index (χ2v) is 5.15. The van der Waals surface area contributed by atoms with E-state index in [1.807, 2.05) is 0 Å². The third kappa shape index (κ3) is 2.10. The van der Waals surface area contributed by atoms with Crippen LogP contribution in [-0.2, 0) is 4.74 Å². The van der Waals surface area contributed by atoms with Crippen molar-refractivity contribution >= 4 is 29.9 Å². The van der Waals surface area contributed by atoms with E-state index < -0.39 is 36.7 Å². The minimum atomic E-state index is -1.30. The van der Waals surface area contributed by atoms with Crippen molar-refractivity contribution in [2.24, 2.45) is 0 Å². The number of nitrogens with one attached hydrogen (secondary N) is 1. The summed E-state index contributed by atoms with van der Waals surface area (Å²) in [5, 5.41) is 28.9. The van der Waals surface area contributed by atoms with Gasteiger partial charge in [0.2, 0.25) is 12.6 Å². The Hall–Kier alpha value is -1.66. The average molecular weight is 316 g/mol. The molecule has 1 aliphatic rings. The molecule has 1 fully saturated rings. The fourth-order valence-electron chi connectivity index (χ4n) is 2.38. The molecule has 0 spiro atoms. The van der Waals surface area contributed by atoms with E-state index in [1.54, 1.807) is 0 Å². The largest absolute Gasteiger partial charge is 0.394 e. The minimum Gasteiger partial charge on any atom is -0.394 e. The number of ether oxygens (including phenoxy) is 1. The lowest BCUT2D eigenvalue weighted by molar-refractivity contribution is -0.745. The standard InChI is InChI=1S/C10H13N5O5S/c11-10-12-7-4(8(19)13-10)15(21)2-14(7)9-6(18)5(17)3(1-16)20-9/h2-3,5-6,9,16-18H,1H2,(H3-,11,12,13,19,21)/p+1/t3-,5-,6-,9-/m1/s1. The minimum absolute atomic E-state index is 0.104. The van der Waals surface area contributed by atoms with Gasteiger partial charge in [-0.15, -0.1) is 0 Å². The predicted octanol–water partition coefficient (Wildman–Crippen LogP) is -3.10. The maximum absolute atomic E-state index is 11.9. The highest BCUT2D eigenvalue weighted by molar-refractivity contribution is 7.78. The van der Waals surface area contributed by atoms with Crippen molar-refractivity contribution in [3.8, 4) is 0 Å². The van der Waals surface area contributed by atoms with Crippen molar-refractivity contribution in [3.63, 3.8) is 0 Å². The van der Waals surface area contributed by atoms with Crippen molar-refractivity contribution in [1.82, 2.24) is 13.9 Å². The molecule has 0 amide bonds. The van der Waals surface area contributed by atoms with E-state index in [9.17, 15) is 15.0 Å². The van der Waals surface area contributed by atoms with Crippen LogP contribution in [-0.4, -0.2) is 54.2 Å². The van der Waals surface area contributed by atoms with Gasteiger partial charge < -0.3 is 25.8 Å². The number of nitrogens with two attached hydrogens (primary N) is 1. The summed E-state index contributed by atoms with van der Waals surface area (Å²) in [7, 11) is 0. The number of thiol groups is 1. The summed E-state index contributed by atoms with van der Waals surface area (Å²) < 4.78 is 7.93. The first-order chi connectivity index (χ1) is 9.93. The molecule has 0 saturated carbocycles. The lowest BCUT2D eigenvalue weighted by Crippen LogP contribution is -2.46. The summed E-state index contributed by atoms with van der Waals surface area (Å²) >= 11 is 4.11. The monoisotopic (exact) mass is 316 g/mol. The number of anilines is 1. The molecule has 0 aromatic carbocycles. The Kier molecular flexibility index (Phi) is 3.37. The summed E-state index contributed by atoms with van der Waals surface area (Å²) in [6.45, 7) is -0.453. The van der Waals surface area contributed by atoms with Crippen molar-refractivity contribution in [3.05, 3.63) is 16.7 Å². The summed E-state index contributed by atoms with van der Waals surface area (Å²) in [5.41, 5.74) is 5.26. The van der Waals surface area contributed by atoms with Crippen LogP contribution in [0.15, 0.2) is 11.1 Å². The molecule has 6 N–H and O–H groups in total. The topological polar surface area (TPSA) is 150 Å². The Morgan fingerprint density at radius 1 is 1.52 bits per heavy atom. The van der Waals surface area contributed by atoms with Gasteiger partial charge in [0.25, 0.3) is 17.0 Å². The number of hydrogen-bond donors (Lipinski definition) is 6. The van der Waals surface area contributed by atoms with Crippen molar-refractivity contribution < 1.29 is 24.6 Å². The number of H-pyrrole nitrogens is 1. The van der Waals surface area contributed by atoms with Gasteiger partial charge in [-0.3, -0.25) is 9.78 Å². The van der Waals surface area contributed by atoms with Gasteiger partial charge >= 0.3 is 5.65 Å². The van der Waals surface area contributed by atoms with Gasteiger partial charge in [0, 0.05) is 12.8 Å². The number of rotatable bonds is 2. The van der Waals surface area contributed by atoms with Crippen LogP contribution in [0.5, 0.6) is 0 Å². The van der Waals surface area contributed by atoms with E-state index in [1.165, 1.54) is 14.9 Å². The molecule has 2 aromatic heterocycles. The molecular weight excluding hydrogens is 302 g/mol. The normalized spacial score (nSPS) is 29.3. The van der Waals surface area contributed by atoms with E-state index in [2.05, 4.69) is 22.8 Å². The van der Waals surface area contributed by atoms with Gasteiger partial charge in [-0.25, -0.2) is 4.57 Å². The molecule has 0 aliphatic carbocycles. The maximum Gasteiger partial charge on any atom is 0.314 e. The van der Waals surface area contributed by atoms with Crippen LogP contribution in [0, 0.1) is 0 Å². The zero-order valence-electron chi connectivity index (χ0n) is 10.6. The number of imidazole rings is 1. The van der Waals surface area contributed by atoms with Gasteiger partial charge in [0.15, 0.2) is 0 Å². The molecule has 3 rings (SSSR count). The third-order valence-electron chi connectivity index (χ3n) is 3.39. The number of aliphatic hydroxyl groups is 3. The van der Waals surface area contributed by atoms with Gasteiger partial charge in [0.05, 0.1) is 6.61 Å². The number of nitrogens with zero attached hydrogens (tertiary/aromatic N) is 3. The Balaban J connectivity index is 2.16. The molecule has 114 valence electrons. The van der Waals surface area contributed by atoms with E-state index in [-0.39, 0.29) is 17.1 Å². The highest BCUT2D eigenvalue weighted by Gasteiger charge is 2.46. The Morgan fingerprint density at radius 3 is 2.86 bits per heavy atom. The van der Waals surface area contributed by atoms with E-state index >= 15 is 0 Å². The van der Waals surface area contributed by atoms with Gasteiger partial charge in [-0.2, -0.15) is 3.97 Å². The van der Waals surface area contributed by atoms with Gasteiger partial charge in [-0.05, 0) is 0 Å². The molecule has 0 unspecified atom stereocenters. The second kappa shape index (κ2) is 4.96. The molecule has 11 heteroatoms. The first-order valence-electron chi connectivity index (χ1n) is 6.07. The summed E-state index contributed by atoms with van der Waals surface area (Å²) in [5.74, 6) is -0.104.